The molecule has 29 heavy (non-hydrogen) atoms. The van der Waals surface area contributed by atoms with Crippen molar-refractivity contribution in [3.05, 3.63) is 83.2 Å². The number of ether oxygens (including phenoxy) is 1. The number of carbonyl (C=O) groups is 2. The van der Waals surface area contributed by atoms with Gasteiger partial charge in [-0.3, -0.25) is 4.79 Å². The van der Waals surface area contributed by atoms with Gasteiger partial charge in [-0.2, -0.15) is 0 Å². The molecule has 1 heterocycles. The van der Waals surface area contributed by atoms with Crippen molar-refractivity contribution < 1.29 is 22.7 Å². The molecule has 0 saturated carbocycles. The van der Waals surface area contributed by atoms with E-state index in [4.69, 9.17) is 9.88 Å². The van der Waals surface area contributed by atoms with Gasteiger partial charge in [-0.1, -0.05) is 18.2 Å². The lowest BCUT2D eigenvalue weighted by Gasteiger charge is -2.10. The van der Waals surface area contributed by atoms with Crippen LogP contribution in [0.2, 0.25) is 0 Å². The van der Waals surface area contributed by atoms with E-state index in [0.29, 0.717) is 22.5 Å². The Balaban J connectivity index is 1.80. The molecule has 0 aliphatic carbocycles. The number of sulfonamides is 1. The molecule has 2 N–H and O–H groups in total. The van der Waals surface area contributed by atoms with Crippen molar-refractivity contribution >= 4 is 21.8 Å². The van der Waals surface area contributed by atoms with Crippen LogP contribution in [0.25, 0.3) is 5.69 Å². The van der Waals surface area contributed by atoms with Gasteiger partial charge in [-0.05, 0) is 56.3 Å². The van der Waals surface area contributed by atoms with Crippen molar-refractivity contribution in [2.24, 2.45) is 5.14 Å². The summed E-state index contributed by atoms with van der Waals surface area (Å²) < 4.78 is 29.8. The molecule has 0 bridgehead atoms. The number of nitrogens with zero attached hydrogens (tertiary/aromatic N) is 1. The van der Waals surface area contributed by atoms with Crippen molar-refractivity contribution in [2.75, 3.05) is 6.61 Å². The minimum absolute atomic E-state index is 0.00726. The number of hydrogen-bond donors (Lipinski definition) is 1. The van der Waals surface area contributed by atoms with Crippen LogP contribution in [0.5, 0.6) is 0 Å². The van der Waals surface area contributed by atoms with Crippen molar-refractivity contribution in [1.82, 2.24) is 4.57 Å². The Morgan fingerprint density at radius 1 is 1.00 bits per heavy atom. The summed E-state index contributed by atoms with van der Waals surface area (Å²) in [5.41, 5.74) is 2.93. The van der Waals surface area contributed by atoms with Crippen LogP contribution in [-0.2, 0) is 14.8 Å². The second-order valence-corrected chi connectivity index (χ2v) is 8.09. The number of hydrogen-bond acceptors (Lipinski definition) is 5. The second kappa shape index (κ2) is 8.02. The summed E-state index contributed by atoms with van der Waals surface area (Å²) in [6.07, 6.45) is 0. The normalized spacial score (nSPS) is 11.3. The Bertz CT molecular complexity index is 1160. The van der Waals surface area contributed by atoms with E-state index < -0.39 is 16.0 Å². The minimum atomic E-state index is -3.78. The molecule has 3 rings (SSSR count). The number of aryl methyl sites for hydroxylation is 1. The van der Waals surface area contributed by atoms with Crippen LogP contribution in [0.4, 0.5) is 0 Å². The summed E-state index contributed by atoms with van der Waals surface area (Å²) in [5, 5.41) is 5.13. The summed E-state index contributed by atoms with van der Waals surface area (Å²) in [4.78, 5) is 24.6. The van der Waals surface area contributed by atoms with E-state index in [9.17, 15) is 18.0 Å². The largest absolute Gasteiger partial charge is 0.454 e. The van der Waals surface area contributed by atoms with Gasteiger partial charge in [0, 0.05) is 22.6 Å². The van der Waals surface area contributed by atoms with Crippen molar-refractivity contribution in [3.8, 4) is 5.69 Å². The second-order valence-electron chi connectivity index (χ2n) is 6.52. The summed E-state index contributed by atoms with van der Waals surface area (Å²) >= 11 is 0. The average molecular weight is 412 g/mol. The lowest BCUT2D eigenvalue weighted by Crippen LogP contribution is -2.15. The quantitative estimate of drug-likeness (QED) is 0.495. The highest BCUT2D eigenvalue weighted by Crippen LogP contribution is 2.22. The number of rotatable bonds is 6. The number of esters is 1. The first-order valence-corrected chi connectivity index (χ1v) is 10.3. The van der Waals surface area contributed by atoms with Crippen LogP contribution in [0.15, 0.2) is 65.6 Å². The number of ketones is 1. The molecule has 0 radical (unpaired) electrons. The van der Waals surface area contributed by atoms with Crippen LogP contribution < -0.4 is 5.14 Å². The molecular formula is C21H20N2O5S. The smallest absolute Gasteiger partial charge is 0.338 e. The van der Waals surface area contributed by atoms with E-state index in [0.717, 1.165) is 5.69 Å². The van der Waals surface area contributed by atoms with Gasteiger partial charge < -0.3 is 9.30 Å². The number of primary sulfonamides is 1. The van der Waals surface area contributed by atoms with Crippen molar-refractivity contribution in [3.63, 3.8) is 0 Å². The van der Waals surface area contributed by atoms with E-state index in [1.54, 1.807) is 55.5 Å². The molecule has 0 aliphatic rings. The molecule has 150 valence electrons. The first-order valence-electron chi connectivity index (χ1n) is 8.76. The molecular weight excluding hydrogens is 392 g/mol. The molecule has 0 amide bonds. The number of benzene rings is 2. The number of carbonyl (C=O) groups excluding carboxylic acids is 2. The number of nitrogens with two attached hydrogens (primary N) is 1. The zero-order chi connectivity index (χ0) is 21.2. The topological polar surface area (TPSA) is 108 Å². The predicted octanol–water partition coefficient (Wildman–Crippen LogP) is 2.78. The highest BCUT2D eigenvalue weighted by atomic mass is 32.2. The third kappa shape index (κ3) is 4.44. The van der Waals surface area contributed by atoms with Gasteiger partial charge in [0.15, 0.2) is 6.61 Å². The van der Waals surface area contributed by atoms with E-state index >= 15 is 0 Å². The fourth-order valence-corrected chi connectivity index (χ4v) is 3.61. The average Bonchev–Trinajstić information content (AvgIpc) is 3.00. The summed E-state index contributed by atoms with van der Waals surface area (Å²) in [6.45, 7) is 3.22. The zero-order valence-corrected chi connectivity index (χ0v) is 16.8. The first-order chi connectivity index (χ1) is 13.7. The zero-order valence-electron chi connectivity index (χ0n) is 16.0. The maximum Gasteiger partial charge on any atom is 0.338 e. The molecule has 0 spiro atoms. The fourth-order valence-electron chi connectivity index (χ4n) is 3.09. The molecule has 0 atom stereocenters. The van der Waals surface area contributed by atoms with Gasteiger partial charge in [-0.15, -0.1) is 0 Å². The Labute approximate surface area is 168 Å². The van der Waals surface area contributed by atoms with Gasteiger partial charge in [0.2, 0.25) is 15.8 Å². The molecule has 0 aliphatic heterocycles. The van der Waals surface area contributed by atoms with Gasteiger partial charge in [0.1, 0.15) is 0 Å². The Hall–Kier alpha value is -3.23. The lowest BCUT2D eigenvalue weighted by molar-refractivity contribution is 0.0474. The number of Topliss-reactive ketones (excluding diaryl/α,β-unsaturated/α-hetero) is 1. The Morgan fingerprint density at radius 3 is 2.21 bits per heavy atom. The Morgan fingerprint density at radius 2 is 1.62 bits per heavy atom. The summed E-state index contributed by atoms with van der Waals surface area (Å²) in [5.74, 6) is -0.888. The van der Waals surface area contributed by atoms with E-state index in [2.05, 4.69) is 0 Å². The van der Waals surface area contributed by atoms with Crippen molar-refractivity contribution in [1.29, 1.82) is 0 Å². The van der Waals surface area contributed by atoms with Crippen LogP contribution in [-0.4, -0.2) is 31.3 Å². The van der Waals surface area contributed by atoms with Crippen LogP contribution in [0.3, 0.4) is 0 Å². The first kappa shape index (κ1) is 20.5. The molecule has 8 heteroatoms. The summed E-state index contributed by atoms with van der Waals surface area (Å²) in [6, 6.07) is 16.2. The standard InChI is InChI=1S/C21H20N2O5S/c1-14-12-19(20(24)13-28-21(25)16-6-4-3-5-7-16)15(2)23(14)17-8-10-18(11-9-17)29(22,26)27/h3-12H,13H2,1-2H3,(H2,22,26,27). The molecule has 1 aromatic heterocycles. The Kier molecular flexibility index (Phi) is 5.67. The van der Waals surface area contributed by atoms with Gasteiger partial charge >= 0.3 is 5.97 Å². The van der Waals surface area contributed by atoms with Crippen LogP contribution in [0.1, 0.15) is 32.1 Å². The summed E-state index contributed by atoms with van der Waals surface area (Å²) in [7, 11) is -3.78. The minimum Gasteiger partial charge on any atom is -0.454 e. The molecule has 2 aromatic carbocycles. The molecule has 0 fully saturated rings. The highest BCUT2D eigenvalue weighted by Gasteiger charge is 2.19. The third-order valence-corrected chi connectivity index (χ3v) is 5.43. The maximum atomic E-state index is 12.6. The van der Waals surface area contributed by atoms with Crippen LogP contribution >= 0.6 is 0 Å². The predicted molar refractivity (Wildman–Crippen MR) is 108 cm³/mol. The molecule has 0 saturated heterocycles. The monoisotopic (exact) mass is 412 g/mol. The van der Waals surface area contributed by atoms with Crippen molar-refractivity contribution in [2.45, 2.75) is 18.7 Å². The maximum absolute atomic E-state index is 12.6. The fraction of sp³-hybridized carbons (Fsp3) is 0.143. The molecule has 0 unspecified atom stereocenters. The van der Waals surface area contributed by atoms with E-state index in [1.807, 2.05) is 11.5 Å². The van der Waals surface area contributed by atoms with E-state index in [-0.39, 0.29) is 17.3 Å². The van der Waals surface area contributed by atoms with E-state index in [1.165, 1.54) is 12.1 Å². The molecule has 3 aromatic rings. The lowest BCUT2D eigenvalue weighted by atomic mass is 10.1. The highest BCUT2D eigenvalue weighted by molar-refractivity contribution is 7.89. The molecule has 7 nitrogen and oxygen atoms in total. The number of aromatic nitrogens is 1. The van der Waals surface area contributed by atoms with Gasteiger partial charge in [0.25, 0.3) is 0 Å². The van der Waals surface area contributed by atoms with Gasteiger partial charge in [-0.25, -0.2) is 18.4 Å². The van der Waals surface area contributed by atoms with Gasteiger partial charge in [0.05, 0.1) is 10.5 Å². The SMILES string of the molecule is Cc1cc(C(=O)COC(=O)c2ccccc2)c(C)n1-c1ccc(S(N)(=O)=O)cc1. The van der Waals surface area contributed by atoms with Crippen LogP contribution in [0, 0.1) is 13.8 Å². The third-order valence-electron chi connectivity index (χ3n) is 4.50.